The van der Waals surface area contributed by atoms with Crippen LogP contribution in [0.25, 0.3) is 0 Å². The van der Waals surface area contributed by atoms with Crippen LogP contribution in [0, 0.1) is 0 Å². The first kappa shape index (κ1) is 47.7. The lowest BCUT2D eigenvalue weighted by Gasteiger charge is -2.18. The number of rotatable bonds is 35. The van der Waals surface area contributed by atoms with Crippen molar-refractivity contribution in [3.63, 3.8) is 0 Å². The van der Waals surface area contributed by atoms with Crippen molar-refractivity contribution in [1.29, 1.82) is 0 Å². The minimum atomic E-state index is -4.77. The van der Waals surface area contributed by atoms with Gasteiger partial charge in [0.2, 0.25) is 0 Å². The predicted octanol–water partition coefficient (Wildman–Crippen LogP) is 11.1. The number of unbranched alkanes of at least 4 members (excludes halogenated alkanes) is 13. The Morgan fingerprint density at radius 3 is 1.62 bits per heavy atom. The molecule has 1 aliphatic heterocycles. The maximum atomic E-state index is 12.4. The second-order valence-electron chi connectivity index (χ2n) is 13.6. The predicted molar refractivity (Wildman–Crippen MR) is 211 cm³/mol. The number of phosphoric ester groups is 1. The molecule has 1 heterocycles. The van der Waals surface area contributed by atoms with Gasteiger partial charge in [-0.2, -0.15) is 0 Å². The minimum absolute atomic E-state index is 0.138. The average molecular weight is 751 g/mol. The normalized spacial score (nSPS) is 17.0. The highest BCUT2D eigenvalue weighted by atomic mass is 31.2. The molecule has 0 saturated carbocycles. The van der Waals surface area contributed by atoms with Crippen LogP contribution in [0.5, 0.6) is 0 Å². The van der Waals surface area contributed by atoms with Crippen LogP contribution in [0.15, 0.2) is 60.8 Å². The van der Waals surface area contributed by atoms with Crippen LogP contribution in [0.2, 0.25) is 0 Å². The average Bonchev–Trinajstić information content (AvgIpc) is 3.87. The molecule has 0 aromatic rings. The number of epoxide rings is 1. The molecule has 0 spiro atoms. The van der Waals surface area contributed by atoms with E-state index in [2.05, 4.69) is 67.0 Å². The Hall–Kier alpha value is -2.29. The monoisotopic (exact) mass is 750 g/mol. The van der Waals surface area contributed by atoms with Gasteiger partial charge >= 0.3 is 19.8 Å². The van der Waals surface area contributed by atoms with Gasteiger partial charge in [-0.25, -0.2) is 4.57 Å². The van der Waals surface area contributed by atoms with E-state index in [0.717, 1.165) is 57.8 Å². The maximum Gasteiger partial charge on any atom is 0.469 e. The molecule has 1 rings (SSSR count). The molecule has 0 aromatic carbocycles. The van der Waals surface area contributed by atoms with E-state index in [9.17, 15) is 14.2 Å². The van der Waals surface area contributed by atoms with Crippen molar-refractivity contribution in [1.82, 2.24) is 0 Å². The second-order valence-corrected chi connectivity index (χ2v) is 14.9. The summed E-state index contributed by atoms with van der Waals surface area (Å²) in [5, 5.41) is 0. The lowest BCUT2D eigenvalue weighted by molar-refractivity contribution is -0.161. The quantitative estimate of drug-likeness (QED) is 0.0213. The molecule has 0 radical (unpaired) electrons. The van der Waals surface area contributed by atoms with Crippen molar-refractivity contribution < 1.29 is 42.7 Å². The fourth-order valence-electron chi connectivity index (χ4n) is 5.62. The van der Waals surface area contributed by atoms with Gasteiger partial charge in [-0.1, -0.05) is 158 Å². The third-order valence-corrected chi connectivity index (χ3v) is 9.20. The lowest BCUT2D eigenvalue weighted by Crippen LogP contribution is -2.29. The Bertz CT molecular complexity index is 1090. The summed E-state index contributed by atoms with van der Waals surface area (Å²) in [5.74, 6) is -0.988. The Labute approximate surface area is 315 Å². The molecule has 52 heavy (non-hydrogen) atoms. The number of allylic oxidation sites excluding steroid dienone is 8. The van der Waals surface area contributed by atoms with Crippen molar-refractivity contribution in [2.75, 3.05) is 13.2 Å². The summed E-state index contributed by atoms with van der Waals surface area (Å²) in [5.41, 5.74) is 0. The number of ether oxygens (including phenoxy) is 3. The van der Waals surface area contributed by atoms with Gasteiger partial charge in [-0.05, 0) is 51.4 Å². The molecule has 1 fully saturated rings. The van der Waals surface area contributed by atoms with Gasteiger partial charge in [0.1, 0.15) is 6.61 Å². The van der Waals surface area contributed by atoms with Crippen molar-refractivity contribution in [3.8, 4) is 0 Å². The van der Waals surface area contributed by atoms with Crippen LogP contribution in [-0.2, 0) is 32.9 Å². The molecule has 2 N–H and O–H groups in total. The molecule has 9 nitrogen and oxygen atoms in total. The van der Waals surface area contributed by atoms with Crippen molar-refractivity contribution in [2.45, 2.75) is 180 Å². The van der Waals surface area contributed by atoms with Gasteiger partial charge in [-0.15, -0.1) is 0 Å². The molecular formula is C42H71O9P. The zero-order valence-electron chi connectivity index (χ0n) is 32.4. The highest BCUT2D eigenvalue weighted by Crippen LogP contribution is 2.36. The maximum absolute atomic E-state index is 12.4. The summed E-state index contributed by atoms with van der Waals surface area (Å²) < 4.78 is 31.9. The largest absolute Gasteiger partial charge is 0.469 e. The summed E-state index contributed by atoms with van der Waals surface area (Å²) in [4.78, 5) is 42.8. The van der Waals surface area contributed by atoms with Crippen LogP contribution in [-0.4, -0.2) is 53.3 Å². The van der Waals surface area contributed by atoms with E-state index >= 15 is 0 Å². The van der Waals surface area contributed by atoms with Gasteiger partial charge in [0, 0.05) is 12.8 Å². The third-order valence-electron chi connectivity index (χ3n) is 8.72. The molecule has 0 bridgehead atoms. The standard InChI is InChI=1S/C42H71O9P/c1-3-5-7-8-9-10-11-12-13-18-21-24-27-31-35-42(44)50-38(37-49-52(45,46)47)36-48-41(43)34-30-26-23-20-17-15-14-16-19-22-25-29-33-40-39(51-40)32-28-6-4-2/h6,15-17,19,23,25-26,28-29,38-40H,3-5,7-14,18,20-22,24,27,30-37H2,1-2H3,(H2,45,46,47)/b17-15-,19-16-,26-23-,28-6-,29-25-/t38-,39?,40?/m1/s1. The number of phosphoric acid groups is 1. The zero-order valence-corrected chi connectivity index (χ0v) is 33.3. The first-order valence-electron chi connectivity index (χ1n) is 20.2. The van der Waals surface area contributed by atoms with Gasteiger partial charge in [0.15, 0.2) is 6.10 Å². The Kier molecular flexibility index (Phi) is 30.6. The summed E-state index contributed by atoms with van der Waals surface area (Å²) in [6, 6.07) is 0. The highest BCUT2D eigenvalue weighted by molar-refractivity contribution is 7.46. The van der Waals surface area contributed by atoms with Crippen LogP contribution < -0.4 is 0 Å². The third kappa shape index (κ3) is 32.4. The molecule has 0 amide bonds. The van der Waals surface area contributed by atoms with Crippen LogP contribution in [0.3, 0.4) is 0 Å². The van der Waals surface area contributed by atoms with Crippen LogP contribution >= 0.6 is 7.82 Å². The first-order chi connectivity index (χ1) is 25.2. The van der Waals surface area contributed by atoms with Gasteiger partial charge in [0.25, 0.3) is 0 Å². The fourth-order valence-corrected chi connectivity index (χ4v) is 5.98. The zero-order chi connectivity index (χ0) is 38.0. The lowest BCUT2D eigenvalue weighted by atomic mass is 10.0. The Balaban J connectivity index is 2.12. The number of carbonyl (C=O) groups is 2. The fraction of sp³-hybridized carbons (Fsp3) is 0.714. The number of hydrogen-bond donors (Lipinski definition) is 2. The van der Waals surface area contributed by atoms with E-state index in [1.54, 1.807) is 0 Å². The molecule has 1 saturated heterocycles. The number of esters is 2. The molecule has 298 valence electrons. The van der Waals surface area contributed by atoms with Crippen molar-refractivity contribution in [2.24, 2.45) is 0 Å². The van der Waals surface area contributed by atoms with Gasteiger partial charge < -0.3 is 24.0 Å². The van der Waals surface area contributed by atoms with Crippen molar-refractivity contribution >= 4 is 19.8 Å². The van der Waals surface area contributed by atoms with E-state index < -0.39 is 32.5 Å². The SMILES string of the molecule is CC/C=C\CC1OC1C/C=C\C/C=C\C/C=C\C/C=C\CCC(=O)OC[C@H](COP(=O)(O)O)OC(=O)CCCCCCCCCCCCCCCC. The Morgan fingerprint density at radius 1 is 0.615 bits per heavy atom. The first-order valence-corrected chi connectivity index (χ1v) is 21.7. The highest BCUT2D eigenvalue weighted by Gasteiger charge is 2.35. The van der Waals surface area contributed by atoms with Crippen LogP contribution in [0.4, 0.5) is 0 Å². The number of carbonyl (C=O) groups excluding carboxylic acids is 2. The molecule has 0 aliphatic carbocycles. The summed E-state index contributed by atoms with van der Waals surface area (Å²) >= 11 is 0. The van der Waals surface area contributed by atoms with E-state index in [-0.39, 0.29) is 19.4 Å². The number of hydrogen-bond acceptors (Lipinski definition) is 7. The van der Waals surface area contributed by atoms with E-state index in [1.807, 2.05) is 12.2 Å². The van der Waals surface area contributed by atoms with E-state index in [1.165, 1.54) is 64.2 Å². The van der Waals surface area contributed by atoms with Gasteiger partial charge in [-0.3, -0.25) is 14.1 Å². The molecule has 0 aromatic heterocycles. The topological polar surface area (TPSA) is 132 Å². The summed E-state index contributed by atoms with van der Waals surface area (Å²) in [7, 11) is -4.77. The van der Waals surface area contributed by atoms with Gasteiger partial charge in [0.05, 0.1) is 18.8 Å². The molecule has 1 aliphatic rings. The molecule has 3 atom stereocenters. The van der Waals surface area contributed by atoms with Crippen molar-refractivity contribution in [3.05, 3.63) is 60.8 Å². The minimum Gasteiger partial charge on any atom is -0.462 e. The smallest absolute Gasteiger partial charge is 0.462 e. The molecule has 10 heteroatoms. The Morgan fingerprint density at radius 2 is 1.10 bits per heavy atom. The molecule has 2 unspecified atom stereocenters. The summed E-state index contributed by atoms with van der Waals surface area (Å²) in [6.07, 6.45) is 44.2. The molecular weight excluding hydrogens is 679 g/mol. The summed E-state index contributed by atoms with van der Waals surface area (Å²) in [6.45, 7) is 3.49. The van der Waals surface area contributed by atoms with E-state index in [4.69, 9.17) is 24.0 Å². The van der Waals surface area contributed by atoms with Crippen LogP contribution in [0.1, 0.15) is 162 Å². The van der Waals surface area contributed by atoms with E-state index in [0.29, 0.717) is 25.0 Å². The second kappa shape index (κ2) is 33.3.